The Morgan fingerprint density at radius 3 is 2.86 bits per heavy atom. The fraction of sp³-hybridized carbons (Fsp3) is 0.650. The maximum absolute atomic E-state index is 9.33. The number of aliphatic hydroxyl groups is 1. The Balaban J connectivity index is 0.00000392. The summed E-state index contributed by atoms with van der Waals surface area (Å²) in [5.41, 5.74) is 1.00. The van der Waals surface area contributed by atoms with E-state index in [1.807, 2.05) is 32.0 Å². The molecule has 1 heterocycles. The van der Waals surface area contributed by atoms with E-state index in [9.17, 15) is 5.11 Å². The van der Waals surface area contributed by atoms with Crippen LogP contribution in [0.15, 0.2) is 23.2 Å². The van der Waals surface area contributed by atoms with Crippen molar-refractivity contribution >= 4 is 41.5 Å². The number of nitrogens with zero attached hydrogens (tertiary/aromatic N) is 1. The molecule has 0 bridgehead atoms. The quantitative estimate of drug-likeness (QED) is 0.189. The molecule has 3 N–H and O–H groups in total. The molecule has 1 aliphatic rings. The summed E-state index contributed by atoms with van der Waals surface area (Å²) in [5.74, 6) is 1.66. The average Bonchev–Trinajstić information content (AvgIpc) is 3.10. The minimum Gasteiger partial charge on any atom is -0.493 e. The molecule has 1 aromatic rings. The van der Waals surface area contributed by atoms with Crippen molar-refractivity contribution < 1.29 is 14.6 Å². The molecule has 1 aromatic carbocycles. The van der Waals surface area contributed by atoms with Crippen molar-refractivity contribution in [2.45, 2.75) is 33.1 Å². The molecule has 2 rings (SSSR count). The molecule has 28 heavy (non-hydrogen) atoms. The number of aryl methyl sites for hydroxylation is 1. The second kappa shape index (κ2) is 13.5. The van der Waals surface area contributed by atoms with Crippen LogP contribution in [0.1, 0.15) is 31.7 Å². The van der Waals surface area contributed by atoms with E-state index in [-0.39, 0.29) is 36.0 Å². The molecule has 0 radical (unpaired) electrons. The highest BCUT2D eigenvalue weighted by Crippen LogP contribution is 2.32. The zero-order valence-electron chi connectivity index (χ0n) is 16.8. The van der Waals surface area contributed by atoms with Gasteiger partial charge in [-0.05, 0) is 56.9 Å². The lowest BCUT2D eigenvalue weighted by Crippen LogP contribution is -2.39. The fourth-order valence-corrected chi connectivity index (χ4v) is 3.34. The summed E-state index contributed by atoms with van der Waals surface area (Å²) in [6.07, 6.45) is 2.53. The molecule has 160 valence electrons. The number of hydrogen-bond acceptors (Lipinski definition) is 4. The first-order valence-corrected chi connectivity index (χ1v) is 10.1. The van der Waals surface area contributed by atoms with Gasteiger partial charge in [0.1, 0.15) is 5.75 Å². The number of guanidine groups is 1. The van der Waals surface area contributed by atoms with E-state index in [4.69, 9.17) is 26.1 Å². The summed E-state index contributed by atoms with van der Waals surface area (Å²) in [4.78, 5) is 4.71. The topological polar surface area (TPSA) is 75.1 Å². The van der Waals surface area contributed by atoms with Crippen molar-refractivity contribution in [2.24, 2.45) is 10.4 Å². The molecule has 1 unspecified atom stereocenters. The Labute approximate surface area is 190 Å². The molecule has 1 fully saturated rings. The third-order valence-corrected chi connectivity index (χ3v) is 4.99. The lowest BCUT2D eigenvalue weighted by atomic mass is 9.84. The zero-order chi connectivity index (χ0) is 19.5. The van der Waals surface area contributed by atoms with E-state index in [1.54, 1.807) is 0 Å². The predicted octanol–water partition coefficient (Wildman–Crippen LogP) is 3.38. The maximum Gasteiger partial charge on any atom is 0.191 e. The fourth-order valence-electron chi connectivity index (χ4n) is 3.11. The number of nitrogens with one attached hydrogen (secondary N) is 2. The van der Waals surface area contributed by atoms with Crippen LogP contribution in [0.2, 0.25) is 5.02 Å². The Kier molecular flexibility index (Phi) is 12.1. The number of ether oxygens (including phenoxy) is 2. The van der Waals surface area contributed by atoms with Crippen LogP contribution in [0, 0.1) is 12.3 Å². The van der Waals surface area contributed by atoms with E-state index in [1.165, 1.54) is 0 Å². The molecule has 0 spiro atoms. The van der Waals surface area contributed by atoms with Gasteiger partial charge in [0, 0.05) is 36.7 Å². The minimum absolute atomic E-state index is 0. The maximum atomic E-state index is 9.33. The molecule has 1 aliphatic heterocycles. The highest BCUT2D eigenvalue weighted by atomic mass is 127. The Morgan fingerprint density at radius 2 is 2.21 bits per heavy atom. The molecule has 6 nitrogen and oxygen atoms in total. The molecule has 1 saturated heterocycles. The van der Waals surface area contributed by atoms with Crippen LogP contribution in [0.4, 0.5) is 0 Å². The van der Waals surface area contributed by atoms with E-state index in [0.717, 1.165) is 61.3 Å². The number of aliphatic hydroxyl groups excluding tert-OH is 1. The lowest BCUT2D eigenvalue weighted by molar-refractivity contribution is 0.131. The molecule has 0 aliphatic carbocycles. The van der Waals surface area contributed by atoms with Gasteiger partial charge in [0.15, 0.2) is 5.96 Å². The van der Waals surface area contributed by atoms with Crippen LogP contribution in [-0.2, 0) is 4.74 Å². The SMILES string of the molecule is CCNC(=NCC1(CCO)CCOC1)NCCCOc1ccc(Cl)cc1C.I. The normalized spacial score (nSPS) is 19.2. The molecule has 0 amide bonds. The van der Waals surface area contributed by atoms with Gasteiger partial charge in [-0.3, -0.25) is 4.99 Å². The number of aliphatic imine (C=N–C) groups is 1. The van der Waals surface area contributed by atoms with Gasteiger partial charge in [0.25, 0.3) is 0 Å². The van der Waals surface area contributed by atoms with Crippen LogP contribution in [0.5, 0.6) is 5.75 Å². The van der Waals surface area contributed by atoms with Crippen molar-refractivity contribution in [3.05, 3.63) is 28.8 Å². The third kappa shape index (κ3) is 8.31. The first-order chi connectivity index (χ1) is 13.1. The Morgan fingerprint density at radius 1 is 1.39 bits per heavy atom. The van der Waals surface area contributed by atoms with Gasteiger partial charge in [-0.1, -0.05) is 11.6 Å². The summed E-state index contributed by atoms with van der Waals surface area (Å²) >= 11 is 5.96. The van der Waals surface area contributed by atoms with E-state index in [2.05, 4.69) is 10.6 Å². The van der Waals surface area contributed by atoms with Crippen molar-refractivity contribution in [1.29, 1.82) is 0 Å². The van der Waals surface area contributed by atoms with Crippen molar-refractivity contribution in [2.75, 3.05) is 46.1 Å². The van der Waals surface area contributed by atoms with E-state index >= 15 is 0 Å². The summed E-state index contributed by atoms with van der Waals surface area (Å²) in [6.45, 7) is 8.48. The van der Waals surface area contributed by atoms with Gasteiger partial charge in [0.05, 0.1) is 19.8 Å². The lowest BCUT2D eigenvalue weighted by Gasteiger charge is -2.24. The van der Waals surface area contributed by atoms with Crippen molar-refractivity contribution in [3.63, 3.8) is 0 Å². The molecule has 0 saturated carbocycles. The molecule has 0 aromatic heterocycles. The number of halogens is 2. The van der Waals surface area contributed by atoms with Crippen LogP contribution < -0.4 is 15.4 Å². The van der Waals surface area contributed by atoms with E-state index in [0.29, 0.717) is 19.8 Å². The number of benzene rings is 1. The number of rotatable bonds is 10. The van der Waals surface area contributed by atoms with Crippen LogP contribution >= 0.6 is 35.6 Å². The third-order valence-electron chi connectivity index (χ3n) is 4.75. The smallest absolute Gasteiger partial charge is 0.191 e. The minimum atomic E-state index is -0.0354. The second-order valence-corrected chi connectivity index (χ2v) is 7.45. The Hall–Kier alpha value is -0.770. The van der Waals surface area contributed by atoms with Crippen LogP contribution in [0.25, 0.3) is 0 Å². The summed E-state index contributed by atoms with van der Waals surface area (Å²) in [6, 6.07) is 5.65. The summed E-state index contributed by atoms with van der Waals surface area (Å²) in [5, 5.41) is 16.7. The van der Waals surface area contributed by atoms with Gasteiger partial charge >= 0.3 is 0 Å². The van der Waals surface area contributed by atoms with Crippen molar-refractivity contribution in [3.8, 4) is 5.75 Å². The monoisotopic (exact) mass is 525 g/mol. The van der Waals surface area contributed by atoms with Gasteiger partial charge in [0.2, 0.25) is 0 Å². The molecule has 1 atom stereocenters. The van der Waals surface area contributed by atoms with Crippen LogP contribution in [0.3, 0.4) is 0 Å². The standard InChI is InChI=1S/C20H32ClN3O3.HI/c1-3-22-19(24-14-20(7-10-25)8-12-26-15-20)23-9-4-11-27-18-6-5-17(21)13-16(18)2;/h5-6,13,25H,3-4,7-12,14-15H2,1-2H3,(H2,22,23,24);1H. The van der Waals surface area contributed by atoms with Gasteiger partial charge in [-0.2, -0.15) is 0 Å². The van der Waals surface area contributed by atoms with E-state index < -0.39 is 0 Å². The predicted molar refractivity (Wildman–Crippen MR) is 125 cm³/mol. The second-order valence-electron chi connectivity index (χ2n) is 7.01. The van der Waals surface area contributed by atoms with Gasteiger partial charge in [-0.15, -0.1) is 24.0 Å². The average molecular weight is 526 g/mol. The van der Waals surface area contributed by atoms with Crippen molar-refractivity contribution in [1.82, 2.24) is 10.6 Å². The molecular formula is C20H33ClIN3O3. The zero-order valence-corrected chi connectivity index (χ0v) is 19.9. The Bertz CT molecular complexity index is 610. The van der Waals surface area contributed by atoms with Crippen LogP contribution in [-0.4, -0.2) is 57.1 Å². The highest BCUT2D eigenvalue weighted by Gasteiger charge is 2.34. The highest BCUT2D eigenvalue weighted by molar-refractivity contribution is 14.0. The first-order valence-electron chi connectivity index (χ1n) is 9.68. The van der Waals surface area contributed by atoms with Gasteiger partial charge < -0.3 is 25.2 Å². The summed E-state index contributed by atoms with van der Waals surface area (Å²) < 4.78 is 11.4. The molecular weight excluding hydrogens is 493 g/mol. The molecule has 8 heteroatoms. The van der Waals surface area contributed by atoms with Gasteiger partial charge in [-0.25, -0.2) is 0 Å². The largest absolute Gasteiger partial charge is 0.493 e. The number of hydrogen-bond donors (Lipinski definition) is 3. The first kappa shape index (κ1) is 25.3. The summed E-state index contributed by atoms with van der Waals surface area (Å²) in [7, 11) is 0.